The molecule has 2 amide bonds. The summed E-state index contributed by atoms with van der Waals surface area (Å²) < 4.78 is 11.1. The molecule has 8 nitrogen and oxygen atoms in total. The highest BCUT2D eigenvalue weighted by atomic mass is 35.5. The van der Waals surface area contributed by atoms with Crippen molar-refractivity contribution >= 4 is 23.6 Å². The molecule has 0 radical (unpaired) electrons. The molecule has 2 aromatic carbocycles. The Bertz CT molecular complexity index is 1130. The maximum Gasteiger partial charge on any atom is 0.315 e. The average molecular weight is 497 g/mol. The Kier molecular flexibility index (Phi) is 8.36. The molecule has 3 aromatic rings. The Morgan fingerprint density at radius 1 is 1.06 bits per heavy atom. The van der Waals surface area contributed by atoms with Gasteiger partial charge in [-0.15, -0.1) is 10.2 Å². The van der Waals surface area contributed by atoms with Crippen molar-refractivity contribution in [1.82, 2.24) is 20.8 Å². The van der Waals surface area contributed by atoms with E-state index in [0.29, 0.717) is 29.7 Å². The normalized spacial score (nSPS) is 18.5. The first-order chi connectivity index (χ1) is 17.0. The Morgan fingerprint density at radius 3 is 2.49 bits per heavy atom. The predicted molar refractivity (Wildman–Crippen MR) is 132 cm³/mol. The highest BCUT2D eigenvalue weighted by molar-refractivity contribution is 6.33. The number of halogens is 1. The van der Waals surface area contributed by atoms with Crippen LogP contribution >= 0.6 is 11.6 Å². The van der Waals surface area contributed by atoms with Gasteiger partial charge in [-0.25, -0.2) is 4.79 Å². The number of nitrogens with one attached hydrogen (secondary N) is 2. The molecule has 0 bridgehead atoms. The van der Waals surface area contributed by atoms with E-state index in [2.05, 4.69) is 20.8 Å². The molecule has 1 fully saturated rings. The van der Waals surface area contributed by atoms with Crippen LogP contribution in [0.5, 0.6) is 0 Å². The van der Waals surface area contributed by atoms with Crippen molar-refractivity contribution in [2.24, 2.45) is 11.8 Å². The number of hydrogen-bond acceptors (Lipinski definition) is 6. The zero-order chi connectivity index (χ0) is 24.6. The van der Waals surface area contributed by atoms with E-state index >= 15 is 0 Å². The molecule has 1 aliphatic rings. The van der Waals surface area contributed by atoms with Gasteiger partial charge in [-0.3, -0.25) is 4.79 Å². The van der Waals surface area contributed by atoms with Crippen LogP contribution in [0, 0.1) is 11.8 Å². The third-order valence-electron chi connectivity index (χ3n) is 6.22. The fourth-order valence-corrected chi connectivity index (χ4v) is 4.53. The van der Waals surface area contributed by atoms with Crippen molar-refractivity contribution in [2.45, 2.75) is 38.6 Å². The van der Waals surface area contributed by atoms with Crippen molar-refractivity contribution in [1.29, 1.82) is 0 Å². The minimum absolute atomic E-state index is 0.0349. The molecule has 35 heavy (non-hydrogen) atoms. The van der Waals surface area contributed by atoms with Crippen LogP contribution in [0.25, 0.3) is 11.5 Å². The van der Waals surface area contributed by atoms with Gasteiger partial charge in [-0.05, 0) is 56.2 Å². The van der Waals surface area contributed by atoms with Crippen LogP contribution in [0.2, 0.25) is 5.02 Å². The van der Waals surface area contributed by atoms with Crippen LogP contribution < -0.4 is 10.6 Å². The summed E-state index contributed by atoms with van der Waals surface area (Å²) in [5.41, 5.74) is 1.44. The number of benzene rings is 2. The van der Waals surface area contributed by atoms with Gasteiger partial charge in [0.15, 0.2) is 0 Å². The molecule has 1 heterocycles. The van der Waals surface area contributed by atoms with Crippen LogP contribution in [0.15, 0.2) is 59.0 Å². The zero-order valence-electron chi connectivity index (χ0n) is 19.6. The summed E-state index contributed by atoms with van der Waals surface area (Å²) in [4.78, 5) is 24.8. The van der Waals surface area contributed by atoms with E-state index < -0.39 is 6.04 Å². The number of esters is 1. The summed E-state index contributed by atoms with van der Waals surface area (Å²) in [5.74, 6) is 0.713. The number of nitrogens with zero attached hydrogens (tertiary/aromatic N) is 2. The summed E-state index contributed by atoms with van der Waals surface area (Å²) in [6, 6.07) is 15.7. The first-order valence-electron chi connectivity index (χ1n) is 11.9. The van der Waals surface area contributed by atoms with Gasteiger partial charge >= 0.3 is 12.0 Å². The van der Waals surface area contributed by atoms with Gasteiger partial charge < -0.3 is 19.8 Å². The molecule has 0 saturated heterocycles. The van der Waals surface area contributed by atoms with Gasteiger partial charge in [-0.2, -0.15) is 0 Å². The Balaban J connectivity index is 1.39. The van der Waals surface area contributed by atoms with E-state index in [1.807, 2.05) is 49.4 Å². The summed E-state index contributed by atoms with van der Waals surface area (Å²) in [6.45, 7) is 2.75. The van der Waals surface area contributed by atoms with Gasteiger partial charge in [0, 0.05) is 6.54 Å². The highest BCUT2D eigenvalue weighted by Crippen LogP contribution is 2.30. The topological polar surface area (TPSA) is 106 Å². The van der Waals surface area contributed by atoms with Crippen LogP contribution in [0.4, 0.5) is 4.79 Å². The number of urea groups is 1. The molecule has 1 aliphatic carbocycles. The number of amides is 2. The summed E-state index contributed by atoms with van der Waals surface area (Å²) in [5, 5.41) is 14.8. The fourth-order valence-electron chi connectivity index (χ4n) is 4.31. The quantitative estimate of drug-likeness (QED) is 0.418. The fraction of sp³-hybridized carbons (Fsp3) is 0.385. The number of carbonyl (C=O) groups excluding carboxylic acids is 2. The Hall–Kier alpha value is -3.39. The van der Waals surface area contributed by atoms with Crippen LogP contribution in [-0.2, 0) is 9.53 Å². The summed E-state index contributed by atoms with van der Waals surface area (Å²) in [7, 11) is 0. The SMILES string of the molecule is CCOC(=O)C1CCC(CNC(=O)NC(c2ccccc2)c2nnc(-c3ccccc3Cl)o2)CC1. The van der Waals surface area contributed by atoms with Crippen LogP contribution in [0.1, 0.15) is 50.1 Å². The maximum absolute atomic E-state index is 12.8. The van der Waals surface area contributed by atoms with Gasteiger partial charge in [0.25, 0.3) is 0 Å². The molecule has 0 spiro atoms. The lowest BCUT2D eigenvalue weighted by Gasteiger charge is -2.27. The van der Waals surface area contributed by atoms with Crippen molar-refractivity contribution in [3.8, 4) is 11.5 Å². The van der Waals surface area contributed by atoms with Crippen molar-refractivity contribution in [2.75, 3.05) is 13.2 Å². The van der Waals surface area contributed by atoms with Gasteiger partial charge in [0.2, 0.25) is 11.8 Å². The summed E-state index contributed by atoms with van der Waals surface area (Å²) in [6.07, 6.45) is 3.31. The molecular formula is C26H29ClN4O4. The van der Waals surface area contributed by atoms with Crippen molar-refractivity contribution in [3.05, 3.63) is 71.1 Å². The molecule has 1 unspecified atom stereocenters. The molecule has 1 saturated carbocycles. The van der Waals surface area contributed by atoms with Crippen molar-refractivity contribution in [3.63, 3.8) is 0 Å². The van der Waals surface area contributed by atoms with E-state index in [1.54, 1.807) is 12.1 Å². The molecule has 0 aliphatic heterocycles. The minimum atomic E-state index is -0.625. The second-order valence-corrected chi connectivity index (χ2v) is 9.00. The Labute approximate surface area is 209 Å². The smallest absolute Gasteiger partial charge is 0.315 e. The highest BCUT2D eigenvalue weighted by Gasteiger charge is 2.28. The largest absolute Gasteiger partial charge is 0.466 e. The third kappa shape index (κ3) is 6.39. The van der Waals surface area contributed by atoms with Gasteiger partial charge in [0.05, 0.1) is 23.1 Å². The van der Waals surface area contributed by atoms with Gasteiger partial charge in [0.1, 0.15) is 6.04 Å². The van der Waals surface area contributed by atoms with E-state index in [1.165, 1.54) is 0 Å². The number of hydrogen-bond donors (Lipinski definition) is 2. The van der Waals surface area contributed by atoms with Crippen LogP contribution in [-0.4, -0.2) is 35.3 Å². The van der Waals surface area contributed by atoms with Crippen LogP contribution in [0.3, 0.4) is 0 Å². The number of rotatable bonds is 8. The average Bonchev–Trinajstić information content (AvgIpc) is 3.37. The molecular weight excluding hydrogens is 468 g/mol. The van der Waals surface area contributed by atoms with E-state index in [-0.39, 0.29) is 29.7 Å². The standard InChI is InChI=1S/C26H29ClN4O4/c1-2-34-25(32)19-14-12-17(13-15-19)16-28-26(33)29-22(18-8-4-3-5-9-18)24-31-30-23(35-24)20-10-6-7-11-21(20)27/h3-11,17,19,22H,2,12-16H2,1H3,(H2,28,29,33). The number of carbonyl (C=O) groups is 2. The second-order valence-electron chi connectivity index (χ2n) is 8.59. The van der Waals surface area contributed by atoms with Gasteiger partial charge in [-0.1, -0.05) is 54.1 Å². The molecule has 1 aromatic heterocycles. The van der Waals surface area contributed by atoms with E-state index in [0.717, 1.165) is 31.2 Å². The second kappa shape index (κ2) is 11.8. The minimum Gasteiger partial charge on any atom is -0.466 e. The van der Waals surface area contributed by atoms with E-state index in [9.17, 15) is 9.59 Å². The van der Waals surface area contributed by atoms with E-state index in [4.69, 9.17) is 20.8 Å². The van der Waals surface area contributed by atoms with Crippen molar-refractivity contribution < 1.29 is 18.7 Å². The molecule has 9 heteroatoms. The first kappa shape index (κ1) is 24.7. The Morgan fingerprint density at radius 2 is 1.77 bits per heavy atom. The number of aromatic nitrogens is 2. The first-order valence-corrected chi connectivity index (χ1v) is 12.3. The predicted octanol–water partition coefficient (Wildman–Crippen LogP) is 5.15. The lowest BCUT2D eigenvalue weighted by molar-refractivity contribution is -0.149. The number of ether oxygens (including phenoxy) is 1. The zero-order valence-corrected chi connectivity index (χ0v) is 20.3. The lowest BCUT2D eigenvalue weighted by Crippen LogP contribution is -2.41. The third-order valence-corrected chi connectivity index (χ3v) is 6.55. The molecule has 1 atom stereocenters. The molecule has 2 N–H and O–H groups in total. The lowest BCUT2D eigenvalue weighted by atomic mass is 9.82. The maximum atomic E-state index is 12.8. The monoisotopic (exact) mass is 496 g/mol. The molecule has 184 valence electrons. The summed E-state index contributed by atoms with van der Waals surface area (Å²) >= 11 is 6.27. The molecule has 4 rings (SSSR count).